The highest BCUT2D eigenvalue weighted by atomic mass is 16.5. The van der Waals surface area contributed by atoms with Crippen LogP contribution in [0.2, 0.25) is 0 Å². The van der Waals surface area contributed by atoms with Gasteiger partial charge in [0, 0.05) is 19.5 Å². The van der Waals surface area contributed by atoms with Crippen LogP contribution in [0.15, 0.2) is 0 Å². The van der Waals surface area contributed by atoms with Crippen molar-refractivity contribution in [2.24, 2.45) is 5.92 Å². The maximum Gasteiger partial charge on any atom is 0.305 e. The first-order valence-corrected chi connectivity index (χ1v) is 7.24. The van der Waals surface area contributed by atoms with Crippen LogP contribution in [0.4, 0.5) is 0 Å². The van der Waals surface area contributed by atoms with Crippen molar-refractivity contribution < 1.29 is 14.6 Å². The van der Waals surface area contributed by atoms with Gasteiger partial charge in [-0.2, -0.15) is 0 Å². The Morgan fingerprint density at radius 1 is 1.33 bits per heavy atom. The van der Waals surface area contributed by atoms with Gasteiger partial charge in [0.25, 0.3) is 0 Å². The van der Waals surface area contributed by atoms with Crippen LogP contribution in [0.25, 0.3) is 0 Å². The molecule has 1 saturated heterocycles. The second kappa shape index (κ2) is 6.02. The van der Waals surface area contributed by atoms with Crippen LogP contribution in [-0.4, -0.2) is 47.8 Å². The summed E-state index contributed by atoms with van der Waals surface area (Å²) in [6.45, 7) is 5.08. The van der Waals surface area contributed by atoms with Crippen LogP contribution in [0.1, 0.15) is 45.4 Å². The molecule has 1 saturated carbocycles. The monoisotopic (exact) mass is 255 g/mol. The van der Waals surface area contributed by atoms with Gasteiger partial charge in [-0.25, -0.2) is 0 Å². The number of hydrogen-bond donors (Lipinski definition) is 1. The molecular formula is C14H25NO3. The van der Waals surface area contributed by atoms with Crippen molar-refractivity contribution in [2.45, 2.75) is 51.0 Å². The molecule has 0 amide bonds. The molecule has 1 heterocycles. The molecule has 2 aliphatic rings. The van der Waals surface area contributed by atoms with E-state index in [1.54, 1.807) is 0 Å². The van der Waals surface area contributed by atoms with Crippen LogP contribution >= 0.6 is 0 Å². The molecular weight excluding hydrogens is 230 g/mol. The lowest BCUT2D eigenvalue weighted by atomic mass is 9.88. The molecule has 1 N–H and O–H groups in total. The first-order valence-electron chi connectivity index (χ1n) is 7.24. The number of esters is 1. The van der Waals surface area contributed by atoms with Gasteiger partial charge in [-0.3, -0.25) is 9.69 Å². The number of unbranched alkanes of at least 4 members (excludes halogenated alkanes) is 2. The van der Waals surface area contributed by atoms with Gasteiger partial charge >= 0.3 is 5.97 Å². The normalized spacial score (nSPS) is 22.6. The lowest BCUT2D eigenvalue weighted by molar-refractivity contribution is -0.143. The smallest absolute Gasteiger partial charge is 0.305 e. The Kier molecular flexibility index (Phi) is 4.62. The molecule has 2 rings (SSSR count). The highest BCUT2D eigenvalue weighted by Crippen LogP contribution is 2.44. The number of ether oxygens (including phenoxy) is 1. The number of carbonyl (C=O) groups excluding carboxylic acids is 1. The minimum Gasteiger partial charge on any atom is -0.466 e. The topological polar surface area (TPSA) is 49.8 Å². The Labute approximate surface area is 109 Å². The number of likely N-dealkylation sites (tertiary alicyclic amines) is 1. The molecule has 0 spiro atoms. The molecule has 1 aliphatic carbocycles. The second-order valence-electron chi connectivity index (χ2n) is 5.70. The highest BCUT2D eigenvalue weighted by molar-refractivity contribution is 5.69. The summed E-state index contributed by atoms with van der Waals surface area (Å²) < 4.78 is 4.88. The van der Waals surface area contributed by atoms with Crippen LogP contribution < -0.4 is 0 Å². The van der Waals surface area contributed by atoms with E-state index >= 15 is 0 Å². The maximum absolute atomic E-state index is 11.1. The van der Waals surface area contributed by atoms with E-state index in [0.29, 0.717) is 18.9 Å². The number of aliphatic hydroxyl groups is 1. The zero-order valence-electron chi connectivity index (χ0n) is 11.4. The minimum atomic E-state index is -0.356. The summed E-state index contributed by atoms with van der Waals surface area (Å²) >= 11 is 0. The third-order valence-corrected chi connectivity index (χ3v) is 3.99. The van der Waals surface area contributed by atoms with Gasteiger partial charge in [0.1, 0.15) is 0 Å². The maximum atomic E-state index is 11.1. The molecule has 0 radical (unpaired) electrons. The summed E-state index contributed by atoms with van der Waals surface area (Å²) in [7, 11) is 0. The van der Waals surface area contributed by atoms with E-state index in [0.717, 1.165) is 38.9 Å². The van der Waals surface area contributed by atoms with Crippen molar-refractivity contribution in [3.63, 3.8) is 0 Å². The van der Waals surface area contributed by atoms with Crippen LogP contribution in [0.3, 0.4) is 0 Å². The number of hydrogen-bond acceptors (Lipinski definition) is 4. The predicted octanol–water partition coefficient (Wildman–Crippen LogP) is 1.57. The minimum absolute atomic E-state index is 0.0791. The summed E-state index contributed by atoms with van der Waals surface area (Å²) in [5.41, 5.74) is -0.356. The van der Waals surface area contributed by atoms with E-state index in [2.05, 4.69) is 4.90 Å². The van der Waals surface area contributed by atoms with Crippen LogP contribution in [0, 0.1) is 5.92 Å². The average Bonchev–Trinajstić information content (AvgIpc) is 3.10. The van der Waals surface area contributed by atoms with Gasteiger partial charge in [-0.15, -0.1) is 0 Å². The molecule has 0 aromatic carbocycles. The summed E-state index contributed by atoms with van der Waals surface area (Å²) in [6, 6.07) is 0. The Balaban J connectivity index is 1.44. The molecule has 1 aliphatic heterocycles. The zero-order valence-corrected chi connectivity index (χ0v) is 11.4. The van der Waals surface area contributed by atoms with Crippen LogP contribution in [-0.2, 0) is 9.53 Å². The summed E-state index contributed by atoms with van der Waals surface area (Å²) in [4.78, 5) is 13.4. The van der Waals surface area contributed by atoms with E-state index in [1.807, 2.05) is 6.92 Å². The molecule has 4 nitrogen and oxygen atoms in total. The molecule has 0 atom stereocenters. The van der Waals surface area contributed by atoms with Crippen molar-refractivity contribution >= 4 is 5.97 Å². The number of carbonyl (C=O) groups is 1. The third kappa shape index (κ3) is 3.69. The standard InChI is InChI=1S/C14H25NO3/c1-2-18-13(16)6-4-3-5-9-15-10-14(17,11-15)12-7-8-12/h12,17H,2-11H2,1H3. The molecule has 2 fully saturated rings. The van der Waals surface area contributed by atoms with Crippen molar-refractivity contribution in [2.75, 3.05) is 26.2 Å². The first kappa shape index (κ1) is 13.8. The van der Waals surface area contributed by atoms with Gasteiger partial charge in [-0.1, -0.05) is 6.42 Å². The molecule has 104 valence electrons. The number of β-amino-alcohol motifs (C(OH)–C–C–N with tert-alkyl or cyclic N) is 1. The summed E-state index contributed by atoms with van der Waals surface area (Å²) in [5, 5.41) is 10.2. The lowest BCUT2D eigenvalue weighted by Gasteiger charge is -2.47. The fourth-order valence-corrected chi connectivity index (χ4v) is 2.78. The molecule has 0 aromatic rings. The summed E-state index contributed by atoms with van der Waals surface area (Å²) in [6.07, 6.45) is 6.06. The van der Waals surface area contributed by atoms with E-state index in [1.165, 1.54) is 12.8 Å². The third-order valence-electron chi connectivity index (χ3n) is 3.99. The van der Waals surface area contributed by atoms with Gasteiger partial charge in [0.15, 0.2) is 0 Å². The Morgan fingerprint density at radius 3 is 2.67 bits per heavy atom. The Hall–Kier alpha value is -0.610. The lowest BCUT2D eigenvalue weighted by Crippen LogP contribution is -2.63. The zero-order chi connectivity index (χ0) is 13.0. The van der Waals surface area contributed by atoms with Crippen molar-refractivity contribution in [3.8, 4) is 0 Å². The Bertz CT molecular complexity index is 283. The van der Waals surface area contributed by atoms with Crippen molar-refractivity contribution in [3.05, 3.63) is 0 Å². The molecule has 18 heavy (non-hydrogen) atoms. The quantitative estimate of drug-likeness (QED) is 0.528. The molecule has 0 aromatic heterocycles. The second-order valence-corrected chi connectivity index (χ2v) is 5.70. The van der Waals surface area contributed by atoms with E-state index in [9.17, 15) is 9.90 Å². The van der Waals surface area contributed by atoms with Gasteiger partial charge in [0.2, 0.25) is 0 Å². The van der Waals surface area contributed by atoms with Crippen LogP contribution in [0.5, 0.6) is 0 Å². The van der Waals surface area contributed by atoms with E-state index < -0.39 is 0 Å². The SMILES string of the molecule is CCOC(=O)CCCCCN1CC(O)(C2CC2)C1. The summed E-state index contributed by atoms with van der Waals surface area (Å²) in [5.74, 6) is 0.502. The average molecular weight is 255 g/mol. The fraction of sp³-hybridized carbons (Fsp3) is 0.929. The van der Waals surface area contributed by atoms with E-state index in [4.69, 9.17) is 4.74 Å². The van der Waals surface area contributed by atoms with Gasteiger partial charge < -0.3 is 9.84 Å². The highest BCUT2D eigenvalue weighted by Gasteiger charge is 2.51. The number of nitrogens with zero attached hydrogens (tertiary/aromatic N) is 1. The number of rotatable bonds is 8. The predicted molar refractivity (Wildman–Crippen MR) is 69.2 cm³/mol. The van der Waals surface area contributed by atoms with E-state index in [-0.39, 0.29) is 11.6 Å². The molecule has 0 unspecified atom stereocenters. The first-order chi connectivity index (χ1) is 8.64. The fourth-order valence-electron chi connectivity index (χ4n) is 2.78. The molecule has 0 bridgehead atoms. The van der Waals surface area contributed by atoms with Crippen molar-refractivity contribution in [1.29, 1.82) is 0 Å². The largest absolute Gasteiger partial charge is 0.466 e. The van der Waals surface area contributed by atoms with Crippen molar-refractivity contribution in [1.82, 2.24) is 4.90 Å². The molecule has 4 heteroatoms. The van der Waals surface area contributed by atoms with Gasteiger partial charge in [0.05, 0.1) is 12.2 Å². The Morgan fingerprint density at radius 2 is 2.06 bits per heavy atom. The van der Waals surface area contributed by atoms with Gasteiger partial charge in [-0.05, 0) is 45.1 Å².